The van der Waals surface area contributed by atoms with E-state index in [1.807, 2.05) is 0 Å². The molecule has 1 N–H and O–H groups in total. The SMILES string of the molecule is O=C([CH]C(Cl)(Cl)Cl)NC1CCCCC1. The minimum atomic E-state index is -1.60. The van der Waals surface area contributed by atoms with Gasteiger partial charge < -0.3 is 5.32 Å². The molecule has 0 heterocycles. The van der Waals surface area contributed by atoms with Crippen molar-refractivity contribution in [3.8, 4) is 0 Å². The Labute approximate surface area is 99.3 Å². The number of carbonyl (C=O) groups is 1. The summed E-state index contributed by atoms with van der Waals surface area (Å²) in [6.45, 7) is 0. The molecule has 81 valence electrons. The van der Waals surface area contributed by atoms with E-state index in [0.29, 0.717) is 0 Å². The summed E-state index contributed by atoms with van der Waals surface area (Å²) in [6.07, 6.45) is 6.71. The molecule has 0 unspecified atom stereocenters. The third-order valence-corrected chi connectivity index (χ3v) is 2.57. The largest absolute Gasteiger partial charge is 0.353 e. The quantitative estimate of drug-likeness (QED) is 0.757. The second-order valence-electron chi connectivity index (χ2n) is 3.53. The maximum absolute atomic E-state index is 11.3. The lowest BCUT2D eigenvalue weighted by molar-refractivity contribution is -0.118. The number of amides is 1. The monoisotopic (exact) mass is 256 g/mol. The number of rotatable bonds is 2. The van der Waals surface area contributed by atoms with Crippen molar-refractivity contribution < 1.29 is 4.79 Å². The van der Waals surface area contributed by atoms with Crippen molar-refractivity contribution in [2.24, 2.45) is 0 Å². The van der Waals surface area contributed by atoms with Gasteiger partial charge in [0, 0.05) is 6.04 Å². The molecular weight excluding hydrogens is 244 g/mol. The highest BCUT2D eigenvalue weighted by atomic mass is 35.6. The van der Waals surface area contributed by atoms with Crippen LogP contribution in [-0.4, -0.2) is 15.7 Å². The first-order valence-corrected chi connectivity index (χ1v) is 5.84. The molecule has 0 aromatic carbocycles. The average Bonchev–Trinajstić information content (AvgIpc) is 2.02. The van der Waals surface area contributed by atoms with Crippen molar-refractivity contribution in [3.63, 3.8) is 0 Å². The Balaban J connectivity index is 2.25. The van der Waals surface area contributed by atoms with Crippen molar-refractivity contribution in [2.75, 3.05) is 0 Å². The second-order valence-corrected chi connectivity index (χ2v) is 5.90. The first-order chi connectivity index (χ1) is 6.47. The van der Waals surface area contributed by atoms with Crippen LogP contribution >= 0.6 is 34.8 Å². The van der Waals surface area contributed by atoms with Crippen LogP contribution in [0.2, 0.25) is 0 Å². The third-order valence-electron chi connectivity index (χ3n) is 2.25. The smallest absolute Gasteiger partial charge is 0.228 e. The summed E-state index contributed by atoms with van der Waals surface area (Å²) in [5, 5.41) is 2.83. The van der Waals surface area contributed by atoms with Crippen molar-refractivity contribution in [1.82, 2.24) is 5.32 Å². The molecule has 1 fully saturated rings. The Hall–Kier alpha value is 0.340. The zero-order valence-corrected chi connectivity index (χ0v) is 10.0. The number of halogens is 3. The standard InChI is InChI=1S/C9H13Cl3NO/c10-9(11,12)6-8(14)13-7-4-2-1-3-5-7/h6-7H,1-5H2,(H,13,14). The molecule has 1 rings (SSSR count). The summed E-state index contributed by atoms with van der Waals surface area (Å²) in [4.78, 5) is 11.3. The van der Waals surface area contributed by atoms with Crippen LogP contribution in [0.15, 0.2) is 0 Å². The molecule has 2 nitrogen and oxygen atoms in total. The van der Waals surface area contributed by atoms with Gasteiger partial charge in [0.05, 0.1) is 0 Å². The van der Waals surface area contributed by atoms with E-state index in [-0.39, 0.29) is 11.9 Å². The highest BCUT2D eigenvalue weighted by molar-refractivity contribution is 6.69. The lowest BCUT2D eigenvalue weighted by Gasteiger charge is -2.23. The molecule has 0 aromatic heterocycles. The van der Waals surface area contributed by atoms with Crippen molar-refractivity contribution in [2.45, 2.75) is 41.9 Å². The molecule has 14 heavy (non-hydrogen) atoms. The Morgan fingerprint density at radius 3 is 2.29 bits per heavy atom. The van der Waals surface area contributed by atoms with E-state index in [9.17, 15) is 4.79 Å². The topological polar surface area (TPSA) is 29.1 Å². The Kier molecular flexibility index (Phi) is 4.81. The Bertz CT molecular complexity index is 197. The van der Waals surface area contributed by atoms with Gasteiger partial charge in [0.25, 0.3) is 0 Å². The van der Waals surface area contributed by atoms with Crippen LogP contribution in [0.4, 0.5) is 0 Å². The van der Waals surface area contributed by atoms with Gasteiger partial charge in [-0.25, -0.2) is 0 Å². The number of nitrogens with one attached hydrogen (secondary N) is 1. The molecule has 0 aliphatic heterocycles. The van der Waals surface area contributed by atoms with Gasteiger partial charge in [0.1, 0.15) is 6.42 Å². The number of carbonyl (C=O) groups excluding carboxylic acids is 1. The van der Waals surface area contributed by atoms with Gasteiger partial charge in [0.2, 0.25) is 9.70 Å². The molecule has 0 saturated heterocycles. The fraction of sp³-hybridized carbons (Fsp3) is 0.778. The fourth-order valence-electron chi connectivity index (χ4n) is 1.64. The zero-order valence-electron chi connectivity index (χ0n) is 7.73. The van der Waals surface area contributed by atoms with Crippen LogP contribution in [0.5, 0.6) is 0 Å². The highest BCUT2D eigenvalue weighted by Gasteiger charge is 2.26. The van der Waals surface area contributed by atoms with E-state index in [1.165, 1.54) is 19.3 Å². The number of hydrogen-bond acceptors (Lipinski definition) is 1. The van der Waals surface area contributed by atoms with Gasteiger partial charge in [0.15, 0.2) is 0 Å². The zero-order chi connectivity index (χ0) is 10.6. The van der Waals surface area contributed by atoms with Crippen LogP contribution < -0.4 is 5.32 Å². The van der Waals surface area contributed by atoms with Crippen LogP contribution in [0.3, 0.4) is 0 Å². The van der Waals surface area contributed by atoms with E-state index in [1.54, 1.807) is 0 Å². The molecule has 1 radical (unpaired) electrons. The van der Waals surface area contributed by atoms with Gasteiger partial charge >= 0.3 is 0 Å². The Morgan fingerprint density at radius 2 is 1.79 bits per heavy atom. The second kappa shape index (κ2) is 5.43. The first kappa shape index (κ1) is 12.4. The Morgan fingerprint density at radius 1 is 1.21 bits per heavy atom. The van der Waals surface area contributed by atoms with Crippen LogP contribution in [-0.2, 0) is 4.79 Å². The number of alkyl halides is 3. The predicted molar refractivity (Wildman–Crippen MR) is 59.6 cm³/mol. The average molecular weight is 258 g/mol. The lowest BCUT2D eigenvalue weighted by atomic mass is 9.95. The molecule has 5 heteroatoms. The molecule has 1 saturated carbocycles. The summed E-state index contributed by atoms with van der Waals surface area (Å²) in [7, 11) is 0. The molecule has 1 aliphatic carbocycles. The summed E-state index contributed by atoms with van der Waals surface area (Å²) >= 11 is 16.4. The van der Waals surface area contributed by atoms with Crippen LogP contribution in [0.1, 0.15) is 32.1 Å². The van der Waals surface area contributed by atoms with Crippen LogP contribution in [0, 0.1) is 6.42 Å². The van der Waals surface area contributed by atoms with E-state index >= 15 is 0 Å². The molecule has 0 spiro atoms. The van der Waals surface area contributed by atoms with Gasteiger partial charge in [-0.05, 0) is 12.8 Å². The minimum absolute atomic E-state index is 0.250. The summed E-state index contributed by atoms with van der Waals surface area (Å²) in [6, 6.07) is 0.250. The molecule has 0 aromatic rings. The molecular formula is C9H13Cl3NO. The normalized spacial score (nSPS) is 19.4. The molecule has 1 aliphatic rings. The van der Waals surface area contributed by atoms with Gasteiger partial charge in [-0.15, -0.1) is 0 Å². The summed E-state index contributed by atoms with van der Waals surface area (Å²) < 4.78 is -1.60. The predicted octanol–water partition coefficient (Wildman–Crippen LogP) is 3.01. The summed E-state index contributed by atoms with van der Waals surface area (Å²) in [5.74, 6) is -0.295. The van der Waals surface area contributed by atoms with Gasteiger partial charge in [-0.3, -0.25) is 4.79 Å². The van der Waals surface area contributed by atoms with E-state index < -0.39 is 3.79 Å². The maximum atomic E-state index is 11.3. The van der Waals surface area contributed by atoms with E-state index in [4.69, 9.17) is 34.8 Å². The van der Waals surface area contributed by atoms with Crippen molar-refractivity contribution in [3.05, 3.63) is 6.42 Å². The lowest BCUT2D eigenvalue weighted by Crippen LogP contribution is -2.38. The molecule has 0 bridgehead atoms. The fourth-order valence-corrected chi connectivity index (χ4v) is 1.94. The summed E-state index contributed by atoms with van der Waals surface area (Å²) in [5.41, 5.74) is 0. The first-order valence-electron chi connectivity index (χ1n) is 4.70. The van der Waals surface area contributed by atoms with Crippen molar-refractivity contribution >= 4 is 40.7 Å². The molecule has 0 atom stereocenters. The van der Waals surface area contributed by atoms with E-state index in [0.717, 1.165) is 19.3 Å². The van der Waals surface area contributed by atoms with Crippen LogP contribution in [0.25, 0.3) is 0 Å². The highest BCUT2D eigenvalue weighted by Crippen LogP contribution is 2.29. The van der Waals surface area contributed by atoms with Crippen molar-refractivity contribution in [1.29, 1.82) is 0 Å². The van der Waals surface area contributed by atoms with Gasteiger partial charge in [-0.1, -0.05) is 54.1 Å². The minimum Gasteiger partial charge on any atom is -0.353 e. The number of hydrogen-bond donors (Lipinski definition) is 1. The third kappa shape index (κ3) is 5.28. The molecule has 1 amide bonds. The van der Waals surface area contributed by atoms with E-state index in [2.05, 4.69) is 5.32 Å². The maximum Gasteiger partial charge on any atom is 0.228 e. The van der Waals surface area contributed by atoms with Gasteiger partial charge in [-0.2, -0.15) is 0 Å².